The number of nitrogens with one attached hydrogen (secondary N) is 1. The summed E-state index contributed by atoms with van der Waals surface area (Å²) < 4.78 is 13.7. The van der Waals surface area contributed by atoms with Gasteiger partial charge in [-0.05, 0) is 49.6 Å². The maximum atomic E-state index is 13.7. The third-order valence-corrected chi connectivity index (χ3v) is 4.13. The van der Waals surface area contributed by atoms with E-state index in [1.807, 2.05) is 13.0 Å². The average Bonchev–Trinajstić information content (AvgIpc) is 2.45. The van der Waals surface area contributed by atoms with Crippen LogP contribution in [0.15, 0.2) is 36.4 Å². The molecule has 1 nitrogen and oxygen atoms in total. The van der Waals surface area contributed by atoms with Gasteiger partial charge in [-0.25, -0.2) is 4.39 Å². The Bertz CT molecular complexity index is 625. The summed E-state index contributed by atoms with van der Waals surface area (Å²) >= 11 is 6.15. The molecular formula is C18H21ClFN. The summed E-state index contributed by atoms with van der Waals surface area (Å²) in [4.78, 5) is 0. The maximum absolute atomic E-state index is 13.7. The Morgan fingerprint density at radius 1 is 1.19 bits per heavy atom. The second-order valence-corrected chi connectivity index (χ2v) is 5.77. The van der Waals surface area contributed by atoms with Gasteiger partial charge in [-0.3, -0.25) is 0 Å². The first-order chi connectivity index (χ1) is 10.0. The molecule has 0 saturated carbocycles. The van der Waals surface area contributed by atoms with Crippen molar-refractivity contribution in [3.05, 3.63) is 69.5 Å². The highest BCUT2D eigenvalue weighted by Crippen LogP contribution is 2.29. The van der Waals surface area contributed by atoms with Crippen LogP contribution in [0.3, 0.4) is 0 Å². The maximum Gasteiger partial charge on any atom is 0.142 e. The lowest BCUT2D eigenvalue weighted by Crippen LogP contribution is -2.23. The fraction of sp³-hybridized carbons (Fsp3) is 0.333. The molecule has 1 atom stereocenters. The van der Waals surface area contributed by atoms with Gasteiger partial charge >= 0.3 is 0 Å². The van der Waals surface area contributed by atoms with E-state index in [9.17, 15) is 4.39 Å². The lowest BCUT2D eigenvalue weighted by Gasteiger charge is -2.21. The van der Waals surface area contributed by atoms with Crippen molar-refractivity contribution in [1.29, 1.82) is 0 Å². The minimum atomic E-state index is -0.363. The summed E-state index contributed by atoms with van der Waals surface area (Å²) in [7, 11) is 0. The highest BCUT2D eigenvalue weighted by atomic mass is 35.5. The van der Waals surface area contributed by atoms with Crippen LogP contribution >= 0.6 is 11.6 Å². The molecule has 2 aromatic rings. The predicted molar refractivity (Wildman–Crippen MR) is 87.4 cm³/mol. The molecule has 3 heteroatoms. The third-order valence-electron chi connectivity index (χ3n) is 3.74. The first-order valence-corrected chi connectivity index (χ1v) is 7.64. The molecule has 0 amide bonds. The summed E-state index contributed by atoms with van der Waals surface area (Å²) in [6.07, 6.45) is 0.796. The Morgan fingerprint density at radius 3 is 2.67 bits per heavy atom. The lowest BCUT2D eigenvalue weighted by molar-refractivity contribution is 0.542. The van der Waals surface area contributed by atoms with Crippen molar-refractivity contribution >= 4 is 11.6 Å². The molecule has 0 fully saturated rings. The van der Waals surface area contributed by atoms with Gasteiger partial charge in [-0.2, -0.15) is 0 Å². The Labute approximate surface area is 131 Å². The minimum absolute atomic E-state index is 0.0127. The molecule has 112 valence electrons. The molecule has 0 radical (unpaired) electrons. The molecule has 0 spiro atoms. The molecule has 0 bridgehead atoms. The fourth-order valence-electron chi connectivity index (χ4n) is 2.57. The fourth-order valence-corrected chi connectivity index (χ4v) is 2.83. The van der Waals surface area contributed by atoms with E-state index in [-0.39, 0.29) is 16.9 Å². The Kier molecular flexibility index (Phi) is 5.38. The van der Waals surface area contributed by atoms with E-state index in [1.165, 1.54) is 22.8 Å². The Balaban J connectivity index is 2.35. The van der Waals surface area contributed by atoms with E-state index in [0.29, 0.717) is 0 Å². The SMILES string of the molecule is CCNC(Cc1cc(C)ccc1C)c1cccc(F)c1Cl. The highest BCUT2D eigenvalue weighted by Gasteiger charge is 2.17. The van der Waals surface area contributed by atoms with Crippen molar-refractivity contribution in [3.63, 3.8) is 0 Å². The number of likely N-dealkylation sites (N-methyl/N-ethyl adjacent to an activating group) is 1. The molecule has 1 N–H and O–H groups in total. The largest absolute Gasteiger partial charge is 0.310 e. The van der Waals surface area contributed by atoms with Gasteiger partial charge in [0.1, 0.15) is 5.82 Å². The van der Waals surface area contributed by atoms with Crippen molar-refractivity contribution in [2.24, 2.45) is 0 Å². The van der Waals surface area contributed by atoms with E-state index >= 15 is 0 Å². The molecule has 0 aliphatic carbocycles. The molecule has 2 rings (SSSR count). The van der Waals surface area contributed by atoms with Gasteiger partial charge in [0.15, 0.2) is 0 Å². The van der Waals surface area contributed by atoms with Gasteiger partial charge in [0, 0.05) is 6.04 Å². The van der Waals surface area contributed by atoms with Crippen LogP contribution in [0.25, 0.3) is 0 Å². The van der Waals surface area contributed by atoms with Crippen LogP contribution < -0.4 is 5.32 Å². The van der Waals surface area contributed by atoms with Crippen LogP contribution in [0.5, 0.6) is 0 Å². The molecule has 0 aliphatic rings. The van der Waals surface area contributed by atoms with E-state index in [4.69, 9.17) is 11.6 Å². The number of benzene rings is 2. The average molecular weight is 306 g/mol. The van der Waals surface area contributed by atoms with Crippen LogP contribution in [0.1, 0.15) is 35.2 Å². The van der Waals surface area contributed by atoms with Crippen LogP contribution in [-0.4, -0.2) is 6.54 Å². The van der Waals surface area contributed by atoms with E-state index in [0.717, 1.165) is 18.5 Å². The number of hydrogen-bond acceptors (Lipinski definition) is 1. The van der Waals surface area contributed by atoms with Gasteiger partial charge in [0.05, 0.1) is 5.02 Å². The van der Waals surface area contributed by atoms with Crippen molar-refractivity contribution in [3.8, 4) is 0 Å². The minimum Gasteiger partial charge on any atom is -0.310 e. The van der Waals surface area contributed by atoms with Crippen LogP contribution in [0.4, 0.5) is 4.39 Å². The van der Waals surface area contributed by atoms with E-state index < -0.39 is 0 Å². The molecule has 1 unspecified atom stereocenters. The van der Waals surface area contributed by atoms with Crippen molar-refractivity contribution < 1.29 is 4.39 Å². The molecule has 0 heterocycles. The molecule has 21 heavy (non-hydrogen) atoms. The number of hydrogen-bond donors (Lipinski definition) is 1. The lowest BCUT2D eigenvalue weighted by atomic mass is 9.94. The zero-order valence-corrected chi connectivity index (χ0v) is 13.5. The Hall–Kier alpha value is -1.38. The molecule has 0 aromatic heterocycles. The Morgan fingerprint density at radius 2 is 1.95 bits per heavy atom. The smallest absolute Gasteiger partial charge is 0.142 e. The predicted octanol–water partition coefficient (Wildman–Crippen LogP) is 4.99. The van der Waals surface area contributed by atoms with Crippen molar-refractivity contribution in [2.45, 2.75) is 33.2 Å². The summed E-state index contributed by atoms with van der Waals surface area (Å²) in [6.45, 7) is 7.04. The zero-order chi connectivity index (χ0) is 15.4. The molecule has 0 saturated heterocycles. The van der Waals surface area contributed by atoms with Gasteiger partial charge in [-0.1, -0.05) is 54.4 Å². The van der Waals surface area contributed by atoms with Crippen LogP contribution in [0.2, 0.25) is 5.02 Å². The zero-order valence-electron chi connectivity index (χ0n) is 12.7. The van der Waals surface area contributed by atoms with E-state index in [2.05, 4.69) is 37.4 Å². The van der Waals surface area contributed by atoms with Gasteiger partial charge in [-0.15, -0.1) is 0 Å². The normalized spacial score (nSPS) is 12.4. The summed E-state index contributed by atoms with van der Waals surface area (Å²) in [5.74, 6) is -0.363. The third kappa shape index (κ3) is 3.84. The first kappa shape index (κ1) is 16.0. The van der Waals surface area contributed by atoms with E-state index in [1.54, 1.807) is 6.07 Å². The van der Waals surface area contributed by atoms with Crippen molar-refractivity contribution in [2.75, 3.05) is 6.54 Å². The number of aryl methyl sites for hydroxylation is 2. The number of rotatable bonds is 5. The van der Waals surface area contributed by atoms with Crippen LogP contribution in [-0.2, 0) is 6.42 Å². The molecule has 0 aliphatic heterocycles. The highest BCUT2D eigenvalue weighted by molar-refractivity contribution is 6.31. The topological polar surface area (TPSA) is 12.0 Å². The molecule has 2 aromatic carbocycles. The summed E-state index contributed by atoms with van der Waals surface area (Å²) in [6, 6.07) is 11.4. The van der Waals surface area contributed by atoms with Gasteiger partial charge in [0.2, 0.25) is 0 Å². The second-order valence-electron chi connectivity index (χ2n) is 5.39. The van der Waals surface area contributed by atoms with Gasteiger partial charge in [0.25, 0.3) is 0 Å². The monoisotopic (exact) mass is 305 g/mol. The molecular weight excluding hydrogens is 285 g/mol. The first-order valence-electron chi connectivity index (χ1n) is 7.26. The second kappa shape index (κ2) is 7.06. The van der Waals surface area contributed by atoms with Gasteiger partial charge < -0.3 is 5.32 Å². The number of halogens is 2. The van der Waals surface area contributed by atoms with Crippen LogP contribution in [0, 0.1) is 19.7 Å². The summed E-state index contributed by atoms with van der Waals surface area (Å²) in [5.41, 5.74) is 4.56. The summed E-state index contributed by atoms with van der Waals surface area (Å²) in [5, 5.41) is 3.63. The quantitative estimate of drug-likeness (QED) is 0.820. The van der Waals surface area contributed by atoms with Crippen molar-refractivity contribution in [1.82, 2.24) is 5.32 Å². The standard InChI is InChI=1S/C18H21ClFN/c1-4-21-17(15-6-5-7-16(20)18(15)19)11-14-10-12(2)8-9-13(14)3/h5-10,17,21H,4,11H2,1-3H3.